The van der Waals surface area contributed by atoms with E-state index in [1.54, 1.807) is 0 Å². The zero-order chi connectivity index (χ0) is 11.9. The van der Waals surface area contributed by atoms with Gasteiger partial charge in [0.1, 0.15) is 0 Å². The third-order valence-corrected chi connectivity index (χ3v) is 7.68. The lowest BCUT2D eigenvalue weighted by atomic mass is 10.2. The minimum absolute atomic E-state index is 0.302. The fourth-order valence-electron chi connectivity index (χ4n) is 0.921. The van der Waals surface area contributed by atoms with E-state index in [4.69, 9.17) is 9.16 Å². The van der Waals surface area contributed by atoms with Crippen LogP contribution < -0.4 is 0 Å². The standard InChI is InChI=1S/C12H28O2Si/c1-7-8-9-13-10-11-14-15(5,6)12(2,3)4/h7-11H2,1-6H3. The van der Waals surface area contributed by atoms with Crippen molar-refractivity contribution in [1.29, 1.82) is 0 Å². The van der Waals surface area contributed by atoms with Gasteiger partial charge in [-0.05, 0) is 24.6 Å². The molecule has 0 amide bonds. The number of hydrogen-bond acceptors (Lipinski definition) is 2. The second kappa shape index (κ2) is 6.66. The first-order valence-electron chi connectivity index (χ1n) is 6.03. The van der Waals surface area contributed by atoms with E-state index in [1.165, 1.54) is 6.42 Å². The summed E-state index contributed by atoms with van der Waals surface area (Å²) in [6.45, 7) is 15.9. The third-order valence-electron chi connectivity index (χ3n) is 3.14. The second-order valence-corrected chi connectivity index (χ2v) is 10.4. The molecule has 0 aliphatic carbocycles. The number of ether oxygens (including phenoxy) is 1. The molecule has 3 heteroatoms. The van der Waals surface area contributed by atoms with Crippen molar-refractivity contribution in [3.05, 3.63) is 0 Å². The molecule has 0 aromatic heterocycles. The van der Waals surface area contributed by atoms with Crippen LogP contribution >= 0.6 is 0 Å². The van der Waals surface area contributed by atoms with Gasteiger partial charge in [0.25, 0.3) is 0 Å². The third kappa shape index (κ3) is 6.33. The summed E-state index contributed by atoms with van der Waals surface area (Å²) in [6.07, 6.45) is 2.35. The van der Waals surface area contributed by atoms with Crippen molar-refractivity contribution in [2.45, 2.75) is 58.7 Å². The van der Waals surface area contributed by atoms with Gasteiger partial charge in [0.2, 0.25) is 0 Å². The molecular formula is C12H28O2Si. The van der Waals surface area contributed by atoms with Gasteiger partial charge in [0.15, 0.2) is 8.32 Å². The maximum atomic E-state index is 5.99. The predicted octanol–water partition coefficient (Wildman–Crippen LogP) is 3.82. The summed E-state index contributed by atoms with van der Waals surface area (Å²) < 4.78 is 11.5. The maximum Gasteiger partial charge on any atom is 0.192 e. The van der Waals surface area contributed by atoms with E-state index < -0.39 is 8.32 Å². The van der Waals surface area contributed by atoms with Gasteiger partial charge in [-0.2, -0.15) is 0 Å². The smallest absolute Gasteiger partial charge is 0.192 e. The van der Waals surface area contributed by atoms with Gasteiger partial charge in [0, 0.05) is 6.61 Å². The molecule has 0 atom stereocenters. The molecule has 0 unspecified atom stereocenters. The van der Waals surface area contributed by atoms with Gasteiger partial charge in [-0.25, -0.2) is 0 Å². The summed E-state index contributed by atoms with van der Waals surface area (Å²) in [5, 5.41) is 0.302. The Labute approximate surface area is 96.5 Å². The first-order chi connectivity index (χ1) is 6.81. The van der Waals surface area contributed by atoms with Crippen molar-refractivity contribution in [2.75, 3.05) is 19.8 Å². The van der Waals surface area contributed by atoms with Crippen LogP contribution in [-0.2, 0) is 9.16 Å². The quantitative estimate of drug-likeness (QED) is 0.491. The van der Waals surface area contributed by atoms with Crippen LogP contribution in [0.1, 0.15) is 40.5 Å². The Kier molecular flexibility index (Phi) is 6.72. The van der Waals surface area contributed by atoms with E-state index in [2.05, 4.69) is 40.8 Å². The molecule has 0 spiro atoms. The fraction of sp³-hybridized carbons (Fsp3) is 1.00. The average Bonchev–Trinajstić information content (AvgIpc) is 2.09. The highest BCUT2D eigenvalue weighted by Gasteiger charge is 2.36. The van der Waals surface area contributed by atoms with Crippen LogP contribution in [0.2, 0.25) is 18.1 Å². The van der Waals surface area contributed by atoms with Gasteiger partial charge in [-0.3, -0.25) is 0 Å². The highest BCUT2D eigenvalue weighted by Crippen LogP contribution is 2.36. The highest BCUT2D eigenvalue weighted by atomic mass is 28.4. The molecule has 0 saturated heterocycles. The van der Waals surface area contributed by atoms with Crippen molar-refractivity contribution in [2.24, 2.45) is 0 Å². The Morgan fingerprint density at radius 2 is 1.60 bits per heavy atom. The van der Waals surface area contributed by atoms with Gasteiger partial charge >= 0.3 is 0 Å². The highest BCUT2D eigenvalue weighted by molar-refractivity contribution is 6.74. The lowest BCUT2D eigenvalue weighted by Crippen LogP contribution is -2.41. The molecule has 0 saturated carbocycles. The lowest BCUT2D eigenvalue weighted by Gasteiger charge is -2.36. The summed E-state index contributed by atoms with van der Waals surface area (Å²) in [7, 11) is -1.55. The molecule has 92 valence electrons. The summed E-state index contributed by atoms with van der Waals surface area (Å²) in [6, 6.07) is 0. The zero-order valence-corrected chi connectivity index (χ0v) is 12.4. The van der Waals surface area contributed by atoms with Crippen LogP contribution in [0.4, 0.5) is 0 Å². The molecule has 0 aromatic carbocycles. The number of unbranched alkanes of at least 4 members (excludes halogenated alkanes) is 1. The summed E-state index contributed by atoms with van der Waals surface area (Å²) in [4.78, 5) is 0. The molecule has 0 bridgehead atoms. The Morgan fingerprint density at radius 3 is 2.07 bits per heavy atom. The van der Waals surface area contributed by atoms with Crippen molar-refractivity contribution in [3.63, 3.8) is 0 Å². The first-order valence-corrected chi connectivity index (χ1v) is 8.94. The van der Waals surface area contributed by atoms with Crippen LogP contribution in [0.3, 0.4) is 0 Å². The first kappa shape index (κ1) is 15.1. The van der Waals surface area contributed by atoms with Crippen molar-refractivity contribution < 1.29 is 9.16 Å². The molecule has 0 rings (SSSR count). The minimum atomic E-state index is -1.55. The van der Waals surface area contributed by atoms with E-state index >= 15 is 0 Å². The van der Waals surface area contributed by atoms with Crippen molar-refractivity contribution in [1.82, 2.24) is 0 Å². The largest absolute Gasteiger partial charge is 0.414 e. The SMILES string of the molecule is CCCCOCCO[Si](C)(C)C(C)(C)C. The van der Waals surface area contributed by atoms with Crippen LogP contribution in [0, 0.1) is 0 Å². The van der Waals surface area contributed by atoms with Crippen LogP contribution in [0.15, 0.2) is 0 Å². The van der Waals surface area contributed by atoms with E-state index in [-0.39, 0.29) is 0 Å². The molecular weight excluding hydrogens is 204 g/mol. The normalized spacial score (nSPS) is 13.2. The van der Waals surface area contributed by atoms with Crippen LogP contribution in [0.25, 0.3) is 0 Å². The molecule has 15 heavy (non-hydrogen) atoms. The van der Waals surface area contributed by atoms with Crippen LogP contribution in [-0.4, -0.2) is 28.1 Å². The molecule has 0 aromatic rings. The summed E-state index contributed by atoms with van der Waals surface area (Å²) in [5.41, 5.74) is 0. The lowest BCUT2D eigenvalue weighted by molar-refractivity contribution is 0.0934. The van der Waals surface area contributed by atoms with Gasteiger partial charge in [-0.1, -0.05) is 34.1 Å². The number of hydrogen-bond donors (Lipinski definition) is 0. The summed E-state index contributed by atoms with van der Waals surface area (Å²) >= 11 is 0. The van der Waals surface area contributed by atoms with Gasteiger partial charge < -0.3 is 9.16 Å². The van der Waals surface area contributed by atoms with Gasteiger partial charge in [0.05, 0.1) is 13.2 Å². The Balaban J connectivity index is 3.58. The molecule has 2 nitrogen and oxygen atoms in total. The van der Waals surface area contributed by atoms with E-state index in [1.807, 2.05) is 0 Å². The van der Waals surface area contributed by atoms with E-state index in [0.29, 0.717) is 5.04 Å². The zero-order valence-electron chi connectivity index (χ0n) is 11.4. The molecule has 0 fully saturated rings. The van der Waals surface area contributed by atoms with Gasteiger partial charge in [-0.15, -0.1) is 0 Å². The molecule has 0 aliphatic rings. The topological polar surface area (TPSA) is 18.5 Å². The van der Waals surface area contributed by atoms with Crippen LogP contribution in [0.5, 0.6) is 0 Å². The molecule has 0 heterocycles. The average molecular weight is 232 g/mol. The monoisotopic (exact) mass is 232 g/mol. The Bertz CT molecular complexity index is 161. The second-order valence-electron chi connectivity index (χ2n) is 5.57. The minimum Gasteiger partial charge on any atom is -0.414 e. The molecule has 0 radical (unpaired) electrons. The molecule has 0 N–H and O–H groups in total. The fourth-order valence-corrected chi connectivity index (χ4v) is 1.95. The van der Waals surface area contributed by atoms with E-state index in [9.17, 15) is 0 Å². The van der Waals surface area contributed by atoms with Crippen molar-refractivity contribution >= 4 is 8.32 Å². The molecule has 0 aliphatic heterocycles. The van der Waals surface area contributed by atoms with Crippen molar-refractivity contribution in [3.8, 4) is 0 Å². The number of rotatable bonds is 7. The Morgan fingerprint density at radius 1 is 1.00 bits per heavy atom. The Hall–Kier alpha value is 0.137. The maximum absolute atomic E-state index is 5.99. The summed E-state index contributed by atoms with van der Waals surface area (Å²) in [5.74, 6) is 0. The predicted molar refractivity (Wildman–Crippen MR) is 68.9 cm³/mol. The van der Waals surface area contributed by atoms with E-state index in [0.717, 1.165) is 26.2 Å².